The molecule has 1 aliphatic carbocycles. The molecule has 0 atom stereocenters. The summed E-state index contributed by atoms with van der Waals surface area (Å²) in [4.78, 5) is 0. The molecule has 1 aliphatic rings. The third-order valence-electron chi connectivity index (χ3n) is 2.22. The van der Waals surface area contributed by atoms with Gasteiger partial charge in [0.1, 0.15) is 17.8 Å². The largest absolute Gasteiger partial charge is 0.394 e. The van der Waals surface area contributed by atoms with Crippen molar-refractivity contribution in [2.75, 3.05) is 19.4 Å². The molecular weight excluding hydrogens is 218 g/mol. The molecule has 0 aromatic heterocycles. The van der Waals surface area contributed by atoms with E-state index in [1.54, 1.807) is 0 Å². The number of allylic oxidation sites excluding steroid dienone is 5. The molecule has 16 heavy (non-hydrogen) atoms. The van der Waals surface area contributed by atoms with Gasteiger partial charge in [0.15, 0.2) is 0 Å². The van der Waals surface area contributed by atoms with Crippen LogP contribution < -0.4 is 5.32 Å². The highest BCUT2D eigenvalue weighted by atomic mass is 28.4. The average Bonchev–Trinajstić information content (AvgIpc) is 2.29. The second-order valence-corrected chi connectivity index (χ2v) is 6.84. The number of rotatable bonds is 7. The van der Waals surface area contributed by atoms with Gasteiger partial charge < -0.3 is 14.2 Å². The zero-order valence-corrected chi connectivity index (χ0v) is 11.2. The highest BCUT2D eigenvalue weighted by molar-refractivity contribution is 6.66. The summed E-state index contributed by atoms with van der Waals surface area (Å²) in [5, 5.41) is 3.34. The lowest BCUT2D eigenvalue weighted by Crippen LogP contribution is -2.48. The Balaban J connectivity index is 2.46. The molecule has 0 heterocycles. The van der Waals surface area contributed by atoms with Crippen molar-refractivity contribution >= 4 is 8.56 Å². The Kier molecular flexibility index (Phi) is 5.42. The van der Waals surface area contributed by atoms with E-state index in [9.17, 15) is 0 Å². The van der Waals surface area contributed by atoms with Crippen molar-refractivity contribution in [2.24, 2.45) is 0 Å². The Morgan fingerprint density at radius 2 is 2.00 bits per heavy atom. The van der Waals surface area contributed by atoms with Gasteiger partial charge in [0.05, 0.1) is 12.2 Å². The van der Waals surface area contributed by atoms with Crippen LogP contribution in [0.4, 0.5) is 0 Å². The van der Waals surface area contributed by atoms with Crippen LogP contribution in [-0.2, 0) is 8.85 Å². The zero-order chi connectivity index (χ0) is 11.9. The van der Waals surface area contributed by atoms with Gasteiger partial charge in [0.25, 0.3) is 0 Å². The molecule has 0 spiro atoms. The molecule has 0 bridgehead atoms. The zero-order valence-electron chi connectivity index (χ0n) is 10.2. The van der Waals surface area contributed by atoms with Gasteiger partial charge in [-0.15, -0.1) is 0 Å². The molecule has 0 aromatic carbocycles. The minimum atomic E-state index is -2.06. The minimum Gasteiger partial charge on any atom is -0.394 e. The second kappa shape index (κ2) is 6.61. The molecule has 0 saturated heterocycles. The molecule has 0 unspecified atom stereocenters. The lowest BCUT2D eigenvalue weighted by atomic mass is 10.2. The molecule has 88 valence electrons. The van der Waals surface area contributed by atoms with Crippen LogP contribution in [0.15, 0.2) is 30.0 Å². The van der Waals surface area contributed by atoms with Crippen molar-refractivity contribution in [3.8, 4) is 0 Å². The fraction of sp³-hybridized carbons (Fsp3) is 0.500. The number of hydrogen-bond donors (Lipinski definition) is 1. The lowest BCUT2D eigenvalue weighted by Gasteiger charge is -2.25. The first-order chi connectivity index (χ1) is 7.70. The Labute approximate surface area is 99.1 Å². The molecule has 1 N–H and O–H groups in total. The first-order valence-corrected chi connectivity index (χ1v) is 8.20. The van der Waals surface area contributed by atoms with E-state index in [0.29, 0.717) is 13.2 Å². The number of nitrogens with one attached hydrogen (secondary N) is 1. The van der Waals surface area contributed by atoms with Crippen LogP contribution in [0, 0.1) is 6.08 Å². The Morgan fingerprint density at radius 1 is 1.31 bits per heavy atom. The average molecular weight is 238 g/mol. The van der Waals surface area contributed by atoms with Crippen molar-refractivity contribution in [3.05, 3.63) is 36.1 Å². The second-order valence-electron chi connectivity index (χ2n) is 3.65. The summed E-state index contributed by atoms with van der Waals surface area (Å²) < 4.78 is 11.5. The van der Waals surface area contributed by atoms with E-state index < -0.39 is 8.56 Å². The summed E-state index contributed by atoms with van der Waals surface area (Å²) in [6.07, 6.45) is 11.6. The SMILES string of the molecule is CCO[Si](C)(CNC1=CC=C[C+]=C1)OCC. The summed E-state index contributed by atoms with van der Waals surface area (Å²) >= 11 is 0. The van der Waals surface area contributed by atoms with Crippen LogP contribution in [0.3, 0.4) is 0 Å². The van der Waals surface area contributed by atoms with E-state index >= 15 is 0 Å². The third kappa shape index (κ3) is 4.29. The molecule has 4 heteroatoms. The molecule has 0 saturated carbocycles. The Bertz CT molecular complexity index is 291. The molecule has 1 rings (SSSR count). The van der Waals surface area contributed by atoms with Gasteiger partial charge in [0, 0.05) is 25.4 Å². The quantitative estimate of drug-likeness (QED) is 0.544. The minimum absolute atomic E-state index is 0.700. The van der Waals surface area contributed by atoms with Gasteiger partial charge in [-0.2, -0.15) is 0 Å². The van der Waals surface area contributed by atoms with E-state index in [1.807, 2.05) is 38.2 Å². The van der Waals surface area contributed by atoms with Crippen molar-refractivity contribution in [2.45, 2.75) is 20.4 Å². The van der Waals surface area contributed by atoms with E-state index in [-0.39, 0.29) is 0 Å². The predicted molar refractivity (Wildman–Crippen MR) is 67.9 cm³/mol. The van der Waals surface area contributed by atoms with Gasteiger partial charge in [0.2, 0.25) is 0 Å². The van der Waals surface area contributed by atoms with E-state index in [1.165, 1.54) is 0 Å². The first kappa shape index (κ1) is 13.1. The van der Waals surface area contributed by atoms with Crippen LogP contribution in [0.5, 0.6) is 0 Å². The van der Waals surface area contributed by atoms with Gasteiger partial charge >= 0.3 is 8.56 Å². The molecule has 0 aromatic rings. The van der Waals surface area contributed by atoms with E-state index in [0.717, 1.165) is 11.9 Å². The molecular formula is C12H20NO2Si+. The highest BCUT2D eigenvalue weighted by Gasteiger charge is 2.31. The third-order valence-corrected chi connectivity index (χ3v) is 4.84. The molecule has 0 amide bonds. The van der Waals surface area contributed by atoms with Crippen molar-refractivity contribution in [1.29, 1.82) is 0 Å². The van der Waals surface area contributed by atoms with Crippen LogP contribution in [0.1, 0.15) is 13.8 Å². The van der Waals surface area contributed by atoms with Gasteiger partial charge in [-0.3, -0.25) is 0 Å². The maximum atomic E-state index is 5.74. The normalized spacial score (nSPS) is 14.6. The van der Waals surface area contributed by atoms with Crippen LogP contribution >= 0.6 is 0 Å². The number of hydrogen-bond acceptors (Lipinski definition) is 3. The Morgan fingerprint density at radius 3 is 2.50 bits per heavy atom. The van der Waals surface area contributed by atoms with Crippen molar-refractivity contribution in [3.63, 3.8) is 0 Å². The van der Waals surface area contributed by atoms with Crippen LogP contribution in [-0.4, -0.2) is 27.9 Å². The fourth-order valence-electron chi connectivity index (χ4n) is 1.52. The standard InChI is InChI=1S/C12H20NO2Si/c1-4-14-16(3,15-5-2)11-13-12-9-7-6-8-10-12/h6-7,9-10,13H,4-5,11H2,1-3H3/q+1. The van der Waals surface area contributed by atoms with Crippen LogP contribution in [0.2, 0.25) is 6.55 Å². The van der Waals surface area contributed by atoms with Gasteiger partial charge in [-0.05, 0) is 20.4 Å². The van der Waals surface area contributed by atoms with Crippen molar-refractivity contribution in [1.82, 2.24) is 5.32 Å². The summed E-state index contributed by atoms with van der Waals surface area (Å²) in [5.41, 5.74) is 1.06. The van der Waals surface area contributed by atoms with E-state index in [4.69, 9.17) is 8.85 Å². The lowest BCUT2D eigenvalue weighted by molar-refractivity contribution is 0.188. The molecule has 0 radical (unpaired) electrons. The maximum Gasteiger partial charge on any atom is 0.356 e. The molecule has 3 nitrogen and oxygen atoms in total. The van der Waals surface area contributed by atoms with Gasteiger partial charge in [-0.1, -0.05) is 0 Å². The monoisotopic (exact) mass is 238 g/mol. The first-order valence-electron chi connectivity index (χ1n) is 5.68. The Hall–Kier alpha value is -0.933. The maximum absolute atomic E-state index is 5.74. The van der Waals surface area contributed by atoms with E-state index in [2.05, 4.69) is 17.9 Å². The summed E-state index contributed by atoms with van der Waals surface area (Å²) in [5.74, 6) is 0. The topological polar surface area (TPSA) is 30.5 Å². The smallest absolute Gasteiger partial charge is 0.356 e. The summed E-state index contributed by atoms with van der Waals surface area (Å²) in [6, 6.07) is 0. The van der Waals surface area contributed by atoms with Crippen LogP contribution in [0.25, 0.3) is 0 Å². The highest BCUT2D eigenvalue weighted by Crippen LogP contribution is 2.08. The molecule has 0 fully saturated rings. The summed E-state index contributed by atoms with van der Waals surface area (Å²) in [6.45, 7) is 7.48. The fourth-order valence-corrected chi connectivity index (χ4v) is 3.55. The van der Waals surface area contributed by atoms with Gasteiger partial charge in [-0.25, -0.2) is 0 Å². The summed E-state index contributed by atoms with van der Waals surface area (Å²) in [7, 11) is -2.06. The molecule has 0 aliphatic heterocycles. The van der Waals surface area contributed by atoms with Crippen molar-refractivity contribution < 1.29 is 8.85 Å². The predicted octanol–water partition coefficient (Wildman–Crippen LogP) is 2.07.